The van der Waals surface area contributed by atoms with Gasteiger partial charge in [-0.2, -0.15) is 4.98 Å². The van der Waals surface area contributed by atoms with E-state index in [1.165, 1.54) is 0 Å². The van der Waals surface area contributed by atoms with E-state index < -0.39 is 0 Å². The first-order valence-corrected chi connectivity index (χ1v) is 8.20. The molecule has 26 heavy (non-hydrogen) atoms. The lowest BCUT2D eigenvalue weighted by Gasteiger charge is -2.03. The molecule has 1 aromatic carbocycles. The van der Waals surface area contributed by atoms with Crippen LogP contribution in [-0.2, 0) is 0 Å². The maximum absolute atomic E-state index is 12.4. The van der Waals surface area contributed by atoms with Gasteiger partial charge in [0.25, 0.3) is 5.91 Å². The Labute approximate surface area is 151 Å². The van der Waals surface area contributed by atoms with E-state index in [1.54, 1.807) is 24.5 Å². The second-order valence-electron chi connectivity index (χ2n) is 6.09. The molecule has 0 bridgehead atoms. The smallest absolute Gasteiger partial charge is 0.315 e. The predicted molar refractivity (Wildman–Crippen MR) is 97.7 cm³/mol. The minimum atomic E-state index is -0.326. The summed E-state index contributed by atoms with van der Waals surface area (Å²) >= 11 is 0. The van der Waals surface area contributed by atoms with Crippen molar-refractivity contribution >= 4 is 11.9 Å². The second kappa shape index (κ2) is 7.62. The van der Waals surface area contributed by atoms with E-state index in [-0.39, 0.29) is 17.8 Å². The van der Waals surface area contributed by atoms with Gasteiger partial charge in [-0.3, -0.25) is 15.1 Å². The van der Waals surface area contributed by atoms with Crippen molar-refractivity contribution in [1.29, 1.82) is 0 Å². The van der Waals surface area contributed by atoms with Crippen LogP contribution in [0.25, 0.3) is 0 Å². The van der Waals surface area contributed by atoms with E-state index in [9.17, 15) is 4.79 Å². The Morgan fingerprint density at radius 3 is 2.77 bits per heavy atom. The number of rotatable bonds is 3. The van der Waals surface area contributed by atoms with Crippen LogP contribution < -0.4 is 5.32 Å². The van der Waals surface area contributed by atoms with Crippen molar-refractivity contribution in [3.05, 3.63) is 70.8 Å². The Hall–Kier alpha value is -3.46. The fourth-order valence-electron chi connectivity index (χ4n) is 2.16. The number of carbonyl (C=O) groups excluding carboxylic acids is 1. The summed E-state index contributed by atoms with van der Waals surface area (Å²) in [5.74, 6) is 6.48. The maximum atomic E-state index is 12.4. The van der Waals surface area contributed by atoms with E-state index in [0.29, 0.717) is 11.4 Å². The normalized spacial score (nSPS) is 10.3. The highest BCUT2D eigenvalue weighted by atomic mass is 16.5. The number of carbonyl (C=O) groups is 1. The number of anilines is 1. The highest BCUT2D eigenvalue weighted by molar-refractivity contribution is 6.03. The third-order valence-corrected chi connectivity index (χ3v) is 3.68. The van der Waals surface area contributed by atoms with Crippen LogP contribution in [-0.4, -0.2) is 21.0 Å². The molecule has 6 nitrogen and oxygen atoms in total. The number of pyridine rings is 1. The average Bonchev–Trinajstić information content (AvgIpc) is 3.10. The van der Waals surface area contributed by atoms with Crippen molar-refractivity contribution < 1.29 is 9.32 Å². The van der Waals surface area contributed by atoms with Crippen LogP contribution in [0.3, 0.4) is 0 Å². The number of nitrogens with zero attached hydrogens (tertiary/aromatic N) is 3. The highest BCUT2D eigenvalue weighted by Gasteiger charge is 2.14. The average molecular weight is 346 g/mol. The van der Waals surface area contributed by atoms with Gasteiger partial charge in [0.15, 0.2) is 5.82 Å². The molecular weight excluding hydrogens is 328 g/mol. The van der Waals surface area contributed by atoms with Crippen LogP contribution in [0.4, 0.5) is 6.01 Å². The molecule has 0 aliphatic heterocycles. The Morgan fingerprint density at radius 2 is 2.08 bits per heavy atom. The van der Waals surface area contributed by atoms with Crippen LogP contribution in [0.15, 0.2) is 47.2 Å². The third-order valence-electron chi connectivity index (χ3n) is 3.68. The third kappa shape index (κ3) is 4.14. The summed E-state index contributed by atoms with van der Waals surface area (Å²) in [7, 11) is 0. The molecule has 6 heteroatoms. The number of hydrogen-bond acceptors (Lipinski definition) is 5. The maximum Gasteiger partial charge on any atom is 0.328 e. The molecule has 0 saturated heterocycles. The molecule has 0 spiro atoms. The van der Waals surface area contributed by atoms with Gasteiger partial charge in [0.2, 0.25) is 0 Å². The lowest BCUT2D eigenvalue weighted by Crippen LogP contribution is -2.12. The van der Waals surface area contributed by atoms with Gasteiger partial charge in [0, 0.05) is 35.0 Å². The summed E-state index contributed by atoms with van der Waals surface area (Å²) < 4.78 is 5.05. The van der Waals surface area contributed by atoms with Crippen molar-refractivity contribution in [2.45, 2.75) is 26.7 Å². The monoisotopic (exact) mass is 346 g/mol. The van der Waals surface area contributed by atoms with Crippen molar-refractivity contribution in [3.63, 3.8) is 0 Å². The summed E-state index contributed by atoms with van der Waals surface area (Å²) in [6.07, 6.45) is 3.39. The minimum Gasteiger partial charge on any atom is -0.315 e. The minimum absolute atomic E-state index is 0.0854. The van der Waals surface area contributed by atoms with Crippen molar-refractivity contribution in [1.82, 2.24) is 15.1 Å². The fourth-order valence-corrected chi connectivity index (χ4v) is 2.16. The molecule has 0 saturated carbocycles. The SMILES string of the molecule is Cc1ccc(C(=O)Nc2nc(C(C)C)no2)cc1C#Cc1cccnc1. The molecule has 2 aromatic heterocycles. The van der Waals surface area contributed by atoms with Gasteiger partial charge >= 0.3 is 6.01 Å². The second-order valence-corrected chi connectivity index (χ2v) is 6.09. The number of benzene rings is 1. The van der Waals surface area contributed by atoms with Crippen LogP contribution in [0.1, 0.15) is 52.6 Å². The fraction of sp³-hybridized carbons (Fsp3) is 0.200. The molecule has 0 aliphatic carbocycles. The summed E-state index contributed by atoms with van der Waals surface area (Å²) in [6.45, 7) is 5.84. The Kier molecular flexibility index (Phi) is 5.09. The van der Waals surface area contributed by atoms with E-state index in [0.717, 1.165) is 16.7 Å². The zero-order valence-electron chi connectivity index (χ0n) is 14.8. The quantitative estimate of drug-likeness (QED) is 0.734. The molecule has 1 amide bonds. The number of aryl methyl sites for hydroxylation is 1. The molecule has 0 radical (unpaired) electrons. The summed E-state index contributed by atoms with van der Waals surface area (Å²) in [5, 5.41) is 6.44. The molecule has 3 aromatic rings. The molecule has 130 valence electrons. The van der Waals surface area contributed by atoms with E-state index >= 15 is 0 Å². The Balaban J connectivity index is 1.80. The predicted octanol–water partition coefficient (Wildman–Crippen LogP) is 3.55. The van der Waals surface area contributed by atoms with Gasteiger partial charge in [-0.25, -0.2) is 0 Å². The number of amides is 1. The van der Waals surface area contributed by atoms with Crippen LogP contribution in [0.5, 0.6) is 0 Å². The van der Waals surface area contributed by atoms with E-state index in [2.05, 4.69) is 32.3 Å². The van der Waals surface area contributed by atoms with Crippen LogP contribution in [0, 0.1) is 18.8 Å². The van der Waals surface area contributed by atoms with Crippen LogP contribution in [0.2, 0.25) is 0 Å². The lowest BCUT2D eigenvalue weighted by molar-refractivity contribution is 0.102. The van der Waals surface area contributed by atoms with E-state index in [4.69, 9.17) is 4.52 Å². The van der Waals surface area contributed by atoms with Crippen molar-refractivity contribution in [2.24, 2.45) is 0 Å². The summed E-state index contributed by atoms with van der Waals surface area (Å²) in [4.78, 5) is 20.6. The first-order chi connectivity index (χ1) is 12.5. The lowest BCUT2D eigenvalue weighted by atomic mass is 10.0. The topological polar surface area (TPSA) is 80.9 Å². The summed E-state index contributed by atoms with van der Waals surface area (Å²) in [6, 6.07) is 9.13. The van der Waals surface area contributed by atoms with E-state index in [1.807, 2.05) is 39.0 Å². The molecular formula is C20H18N4O2. The molecule has 2 heterocycles. The zero-order chi connectivity index (χ0) is 18.5. The Morgan fingerprint density at radius 1 is 1.23 bits per heavy atom. The molecule has 3 rings (SSSR count). The van der Waals surface area contributed by atoms with Gasteiger partial charge in [-0.1, -0.05) is 36.9 Å². The first-order valence-electron chi connectivity index (χ1n) is 8.20. The van der Waals surface area contributed by atoms with Crippen molar-refractivity contribution in [2.75, 3.05) is 5.32 Å². The highest BCUT2D eigenvalue weighted by Crippen LogP contribution is 2.15. The van der Waals surface area contributed by atoms with Crippen LogP contribution >= 0.6 is 0 Å². The molecule has 0 fully saturated rings. The standard InChI is InChI=1S/C20H18N4O2/c1-13(2)18-22-20(26-24-18)23-19(25)17-8-6-14(3)16(11-17)9-7-15-5-4-10-21-12-15/h4-6,8,10-13H,1-3H3,(H,22,23,24,25). The largest absolute Gasteiger partial charge is 0.328 e. The number of hydrogen-bond donors (Lipinski definition) is 1. The Bertz CT molecular complexity index is 982. The zero-order valence-corrected chi connectivity index (χ0v) is 14.8. The molecule has 0 unspecified atom stereocenters. The van der Waals surface area contributed by atoms with Crippen molar-refractivity contribution in [3.8, 4) is 11.8 Å². The molecule has 0 atom stereocenters. The molecule has 0 aliphatic rings. The van der Waals surface area contributed by atoms with Gasteiger partial charge in [0.05, 0.1) is 0 Å². The first kappa shape index (κ1) is 17.4. The number of aromatic nitrogens is 3. The van der Waals surface area contributed by atoms with Gasteiger partial charge in [-0.05, 0) is 36.8 Å². The summed E-state index contributed by atoms with van der Waals surface area (Å²) in [5.41, 5.74) is 3.04. The number of nitrogens with one attached hydrogen (secondary N) is 1. The van der Waals surface area contributed by atoms with Gasteiger partial charge in [0.1, 0.15) is 0 Å². The van der Waals surface area contributed by atoms with Gasteiger partial charge < -0.3 is 4.52 Å². The molecule has 1 N–H and O–H groups in total. The van der Waals surface area contributed by atoms with Gasteiger partial charge in [-0.15, -0.1) is 0 Å².